The van der Waals surface area contributed by atoms with Crippen LogP contribution in [0.4, 0.5) is 0 Å². The molecule has 4 rings (SSSR count). The first kappa shape index (κ1) is 25.0. The monoisotopic (exact) mass is 409 g/mol. The zero-order chi connectivity index (χ0) is 22.5. The first-order valence-corrected chi connectivity index (χ1v) is 10.3. The van der Waals surface area contributed by atoms with Crippen molar-refractivity contribution in [2.75, 3.05) is 20.9 Å². The van der Waals surface area contributed by atoms with Crippen molar-refractivity contribution in [3.63, 3.8) is 0 Å². The second kappa shape index (κ2) is 13.3. The van der Waals surface area contributed by atoms with Gasteiger partial charge in [-0.3, -0.25) is 4.79 Å². The maximum atomic E-state index is 10.1. The summed E-state index contributed by atoms with van der Waals surface area (Å²) in [6, 6.07) is 20.8. The number of carbonyl (C=O) groups excluding carboxylic acids is 1. The maximum absolute atomic E-state index is 10.1. The topological polar surface area (TPSA) is 38.8 Å². The maximum Gasteiger partial charge on any atom is 0.231 e. The summed E-state index contributed by atoms with van der Waals surface area (Å²) in [6.45, 7) is 10.3. The van der Waals surface area contributed by atoms with E-state index in [0.29, 0.717) is 6.79 Å². The minimum absolute atomic E-state index is 0.0926. The highest BCUT2D eigenvalue weighted by molar-refractivity contribution is 5.82. The van der Waals surface area contributed by atoms with Crippen molar-refractivity contribution >= 4 is 16.7 Å². The van der Waals surface area contributed by atoms with Crippen LogP contribution in [0.3, 0.4) is 0 Å². The third kappa shape index (κ3) is 8.99. The molecule has 1 amide bonds. The summed E-state index contributed by atoms with van der Waals surface area (Å²) < 4.78 is 10.3. The van der Waals surface area contributed by atoms with Crippen molar-refractivity contribution in [1.29, 1.82) is 0 Å². The fraction of sp³-hybridized carbons (Fsp3) is 0.346. The standard InChI is InChI=1S/C11H10.C8H8O2.C4H9NO.C3H8/c1-9-6-7-10-4-2-3-5-11(10)8-9;1-6-2-3-7-8(4-6)10-5-9-7;1-4(6)5(2)3;1-3-2/h2-8H,1H3;2-4H,5H2,1H3;1-3H3;3H2,1-2H3. The average Bonchev–Trinajstić information content (AvgIpc) is 3.17. The molecule has 0 saturated heterocycles. The van der Waals surface area contributed by atoms with Crippen LogP contribution in [-0.2, 0) is 4.79 Å². The zero-order valence-electron chi connectivity index (χ0n) is 19.4. The summed E-state index contributed by atoms with van der Waals surface area (Å²) in [5.74, 6) is 1.81. The second-order valence-corrected chi connectivity index (χ2v) is 7.33. The molecule has 162 valence electrons. The summed E-state index contributed by atoms with van der Waals surface area (Å²) in [6.07, 6.45) is 1.25. The second-order valence-electron chi connectivity index (χ2n) is 7.33. The molecule has 1 aliphatic rings. The Labute approximate surface area is 181 Å². The number of fused-ring (bicyclic) bond motifs is 2. The van der Waals surface area contributed by atoms with Crippen molar-refractivity contribution < 1.29 is 14.3 Å². The Hall–Kier alpha value is -3.01. The van der Waals surface area contributed by atoms with E-state index in [1.807, 2.05) is 25.1 Å². The van der Waals surface area contributed by atoms with Crippen LogP contribution >= 0.6 is 0 Å². The van der Waals surface area contributed by atoms with E-state index in [1.54, 1.807) is 14.1 Å². The highest BCUT2D eigenvalue weighted by Crippen LogP contribution is 2.31. The van der Waals surface area contributed by atoms with Crippen molar-refractivity contribution in [2.24, 2.45) is 0 Å². The van der Waals surface area contributed by atoms with Crippen LogP contribution < -0.4 is 9.47 Å². The van der Waals surface area contributed by atoms with E-state index in [0.717, 1.165) is 11.5 Å². The lowest BCUT2D eigenvalue weighted by molar-refractivity contribution is -0.126. The van der Waals surface area contributed by atoms with Gasteiger partial charge >= 0.3 is 0 Å². The molecule has 0 saturated carbocycles. The number of aryl methyl sites for hydroxylation is 2. The fourth-order valence-corrected chi connectivity index (χ4v) is 2.31. The molecule has 0 fully saturated rings. The van der Waals surface area contributed by atoms with Crippen LogP contribution in [0.1, 0.15) is 38.3 Å². The molecule has 4 heteroatoms. The van der Waals surface area contributed by atoms with Gasteiger partial charge in [-0.1, -0.05) is 74.4 Å². The van der Waals surface area contributed by atoms with Crippen LogP contribution in [0.5, 0.6) is 11.5 Å². The molecule has 0 N–H and O–H groups in total. The highest BCUT2D eigenvalue weighted by atomic mass is 16.7. The van der Waals surface area contributed by atoms with Gasteiger partial charge < -0.3 is 14.4 Å². The third-order valence-electron chi connectivity index (χ3n) is 4.06. The Balaban J connectivity index is 0.000000220. The minimum atomic E-state index is 0.0926. The molecule has 0 radical (unpaired) electrons. The Morgan fingerprint density at radius 3 is 1.93 bits per heavy atom. The van der Waals surface area contributed by atoms with Crippen molar-refractivity contribution in [2.45, 2.75) is 41.0 Å². The van der Waals surface area contributed by atoms with Gasteiger partial charge in [0.15, 0.2) is 11.5 Å². The van der Waals surface area contributed by atoms with Gasteiger partial charge in [0.05, 0.1) is 0 Å². The molecule has 4 nitrogen and oxygen atoms in total. The van der Waals surface area contributed by atoms with Gasteiger partial charge in [0.1, 0.15) is 0 Å². The first-order chi connectivity index (χ1) is 14.3. The molecule has 0 spiro atoms. The number of benzene rings is 3. The smallest absolute Gasteiger partial charge is 0.231 e. The van der Waals surface area contributed by atoms with Crippen LogP contribution in [0.15, 0.2) is 60.7 Å². The van der Waals surface area contributed by atoms with E-state index < -0.39 is 0 Å². The Kier molecular flexibility index (Phi) is 11.1. The molecule has 0 bridgehead atoms. The third-order valence-corrected chi connectivity index (χ3v) is 4.06. The lowest BCUT2D eigenvalue weighted by atomic mass is 10.1. The summed E-state index contributed by atoms with van der Waals surface area (Å²) in [7, 11) is 3.45. The molecule has 0 unspecified atom stereocenters. The number of carbonyl (C=O) groups is 1. The molecule has 1 heterocycles. The Bertz CT molecular complexity index is 919. The van der Waals surface area contributed by atoms with Gasteiger partial charge in [-0.15, -0.1) is 0 Å². The molecule has 0 atom stereocenters. The molecule has 0 aromatic heterocycles. The molecule has 30 heavy (non-hydrogen) atoms. The molecule has 1 aliphatic heterocycles. The van der Waals surface area contributed by atoms with Crippen LogP contribution in [0.25, 0.3) is 10.8 Å². The minimum Gasteiger partial charge on any atom is -0.454 e. The van der Waals surface area contributed by atoms with E-state index in [9.17, 15) is 4.79 Å². The summed E-state index contributed by atoms with van der Waals surface area (Å²) in [4.78, 5) is 11.6. The quantitative estimate of drug-likeness (QED) is 0.432. The Morgan fingerprint density at radius 1 is 0.833 bits per heavy atom. The molecule has 3 aromatic rings. The number of nitrogens with zero attached hydrogens (tertiary/aromatic N) is 1. The number of rotatable bonds is 0. The van der Waals surface area contributed by atoms with E-state index >= 15 is 0 Å². The molecular formula is C26H35NO3. The van der Waals surface area contributed by atoms with E-state index in [1.165, 1.54) is 40.1 Å². The fourth-order valence-electron chi connectivity index (χ4n) is 2.31. The molecule has 3 aromatic carbocycles. The predicted molar refractivity (Wildman–Crippen MR) is 126 cm³/mol. The van der Waals surface area contributed by atoms with E-state index in [-0.39, 0.29) is 5.91 Å². The molecular weight excluding hydrogens is 374 g/mol. The SMILES string of the molecule is CC(=O)N(C)C.CCC.Cc1ccc2c(c1)OCO2.Cc1ccc2ccccc2c1. The van der Waals surface area contributed by atoms with Crippen molar-refractivity contribution in [1.82, 2.24) is 4.90 Å². The van der Waals surface area contributed by atoms with Gasteiger partial charge in [-0.05, 0) is 42.3 Å². The predicted octanol–water partition coefficient (Wildman–Crippen LogP) is 6.38. The largest absolute Gasteiger partial charge is 0.454 e. The number of amides is 1. The van der Waals surface area contributed by atoms with Crippen LogP contribution in [0.2, 0.25) is 0 Å². The average molecular weight is 410 g/mol. The van der Waals surface area contributed by atoms with Gasteiger partial charge in [0.2, 0.25) is 12.7 Å². The van der Waals surface area contributed by atoms with Crippen LogP contribution in [0, 0.1) is 13.8 Å². The normalized spacial score (nSPS) is 10.5. The summed E-state index contributed by atoms with van der Waals surface area (Å²) in [5.41, 5.74) is 2.52. The number of hydrogen-bond donors (Lipinski definition) is 0. The summed E-state index contributed by atoms with van der Waals surface area (Å²) in [5, 5.41) is 2.64. The first-order valence-electron chi connectivity index (χ1n) is 10.3. The lowest BCUT2D eigenvalue weighted by Crippen LogP contribution is -2.17. The summed E-state index contributed by atoms with van der Waals surface area (Å²) >= 11 is 0. The zero-order valence-corrected chi connectivity index (χ0v) is 19.4. The van der Waals surface area contributed by atoms with Gasteiger partial charge in [0, 0.05) is 21.0 Å². The highest BCUT2D eigenvalue weighted by Gasteiger charge is 2.11. The van der Waals surface area contributed by atoms with Crippen molar-refractivity contribution in [3.05, 3.63) is 71.8 Å². The van der Waals surface area contributed by atoms with Crippen LogP contribution in [-0.4, -0.2) is 31.7 Å². The van der Waals surface area contributed by atoms with E-state index in [4.69, 9.17) is 9.47 Å². The molecule has 0 aliphatic carbocycles. The lowest BCUT2D eigenvalue weighted by Gasteiger charge is -2.02. The van der Waals surface area contributed by atoms with Gasteiger partial charge in [-0.2, -0.15) is 0 Å². The number of hydrogen-bond acceptors (Lipinski definition) is 3. The van der Waals surface area contributed by atoms with Gasteiger partial charge in [-0.25, -0.2) is 0 Å². The van der Waals surface area contributed by atoms with Gasteiger partial charge in [0.25, 0.3) is 0 Å². The Morgan fingerprint density at radius 2 is 1.33 bits per heavy atom. The number of ether oxygens (including phenoxy) is 2. The van der Waals surface area contributed by atoms with E-state index in [2.05, 4.69) is 63.2 Å². The van der Waals surface area contributed by atoms with Crippen molar-refractivity contribution in [3.8, 4) is 11.5 Å².